The third kappa shape index (κ3) is 5.57. The fourth-order valence-electron chi connectivity index (χ4n) is 7.83. The highest BCUT2D eigenvalue weighted by molar-refractivity contribution is 6.02. The van der Waals surface area contributed by atoms with Crippen molar-refractivity contribution in [3.05, 3.63) is 178 Å². The second-order valence-corrected chi connectivity index (χ2v) is 12.9. The van der Waals surface area contributed by atoms with Gasteiger partial charge < -0.3 is 9.88 Å². The molecule has 2 N–H and O–H groups in total. The van der Waals surface area contributed by atoms with Gasteiger partial charge in [0, 0.05) is 47.4 Å². The third-order valence-corrected chi connectivity index (χ3v) is 10.1. The van der Waals surface area contributed by atoms with Crippen LogP contribution < -0.4 is 10.7 Å². The minimum Gasteiger partial charge on any atom is -0.380 e. The number of hydrogen-bond donors (Lipinski definition) is 2. The van der Waals surface area contributed by atoms with E-state index in [9.17, 15) is 0 Å². The lowest BCUT2D eigenvalue weighted by atomic mass is 9.86. The highest BCUT2D eigenvalue weighted by Gasteiger charge is 2.27. The lowest BCUT2D eigenvalue weighted by Crippen LogP contribution is -2.11. The highest BCUT2D eigenvalue weighted by atomic mass is 15.3. The highest BCUT2D eigenvalue weighted by Crippen LogP contribution is 2.43. The van der Waals surface area contributed by atoms with Crippen molar-refractivity contribution in [2.75, 3.05) is 17.3 Å². The molecular formula is C46H42N4. The predicted molar refractivity (Wildman–Crippen MR) is 214 cm³/mol. The molecule has 0 fully saturated rings. The topological polar surface area (TPSA) is 41.4 Å². The molecule has 246 valence electrons. The van der Waals surface area contributed by atoms with E-state index in [1.54, 1.807) is 0 Å². The Bertz CT molecular complexity index is 2320. The van der Waals surface area contributed by atoms with Gasteiger partial charge >= 0.3 is 0 Å². The van der Waals surface area contributed by atoms with Gasteiger partial charge in [0.1, 0.15) is 0 Å². The van der Waals surface area contributed by atoms with Crippen molar-refractivity contribution in [1.82, 2.24) is 4.57 Å². The Labute approximate surface area is 295 Å². The zero-order chi connectivity index (χ0) is 34.0. The standard InChI is InChI=1S/C44H36N4.C2H6/c1-29-25-31(33-26-39-43(27-33)48(34-13-3-2-4-14-34)42-22-21-30-11-9-18-37(30)44(39)42)23-24-46-47-41-20-8-7-19-40(41)45-28-32-12-10-17-36(32)38-16-6-5-15-35(29)38;1-2/h2-10,12-26,36,45,47H,11,27-28H2,1H3;1-2H3/b29-25+,31-23+,46-24+;. The molecule has 4 nitrogen and oxygen atoms in total. The first-order chi connectivity index (χ1) is 24.7. The van der Waals surface area contributed by atoms with Crippen LogP contribution in [0.25, 0.3) is 34.3 Å². The lowest BCUT2D eigenvalue weighted by Gasteiger charge is -2.20. The summed E-state index contributed by atoms with van der Waals surface area (Å²) >= 11 is 0. The molecule has 4 heteroatoms. The number of nitrogens with one attached hydrogen (secondary N) is 2. The summed E-state index contributed by atoms with van der Waals surface area (Å²) in [5.74, 6) is 0.216. The molecule has 4 aromatic carbocycles. The number of para-hydroxylation sites is 3. The molecule has 0 saturated carbocycles. The zero-order valence-electron chi connectivity index (χ0n) is 28.9. The Morgan fingerprint density at radius 1 is 0.800 bits per heavy atom. The first-order valence-electron chi connectivity index (χ1n) is 17.8. The van der Waals surface area contributed by atoms with E-state index in [2.05, 4.69) is 156 Å². The van der Waals surface area contributed by atoms with E-state index in [1.165, 1.54) is 72.4 Å². The number of fused-ring (bicyclic) bond motifs is 9. The molecule has 5 aromatic rings. The molecule has 0 saturated heterocycles. The summed E-state index contributed by atoms with van der Waals surface area (Å²) < 4.78 is 2.47. The van der Waals surface area contributed by atoms with Gasteiger partial charge in [0.2, 0.25) is 0 Å². The fourth-order valence-corrected chi connectivity index (χ4v) is 7.83. The Balaban J connectivity index is 0.00000177. The Kier molecular flexibility index (Phi) is 8.52. The molecule has 0 amide bonds. The van der Waals surface area contributed by atoms with Crippen LogP contribution in [0.15, 0.2) is 149 Å². The van der Waals surface area contributed by atoms with Crippen molar-refractivity contribution >= 4 is 46.2 Å². The van der Waals surface area contributed by atoms with Crippen LogP contribution in [0.1, 0.15) is 60.2 Å². The minimum atomic E-state index is 0.216. The first-order valence-corrected chi connectivity index (χ1v) is 17.8. The Morgan fingerprint density at radius 3 is 2.48 bits per heavy atom. The summed E-state index contributed by atoms with van der Waals surface area (Å²) in [6, 6.07) is 32.6. The average molecular weight is 651 g/mol. The third-order valence-electron chi connectivity index (χ3n) is 10.1. The van der Waals surface area contributed by atoms with Gasteiger partial charge in [0.05, 0.1) is 16.9 Å². The van der Waals surface area contributed by atoms with Gasteiger partial charge in [-0.2, -0.15) is 5.10 Å². The van der Waals surface area contributed by atoms with Gasteiger partial charge in [-0.3, -0.25) is 5.43 Å². The molecule has 2 heterocycles. The molecular weight excluding hydrogens is 609 g/mol. The van der Waals surface area contributed by atoms with Gasteiger partial charge in [0.25, 0.3) is 0 Å². The SMILES string of the molecule is CC.C\C1=C/C(C2=Cc3c(n(-c4ccccc4)c4ccc5c(c34)C=CC5)C2)=C\C=N\Nc2ccccc2NCC2=CC=CC2c2ccccc21. The molecule has 4 aliphatic rings. The summed E-state index contributed by atoms with van der Waals surface area (Å²) in [4.78, 5) is 0. The molecule has 1 atom stereocenters. The second-order valence-electron chi connectivity index (χ2n) is 12.9. The predicted octanol–water partition coefficient (Wildman–Crippen LogP) is 11.3. The van der Waals surface area contributed by atoms with Gasteiger partial charge in [0.15, 0.2) is 0 Å². The number of nitrogens with zero attached hydrogens (tertiary/aromatic N) is 2. The number of hydrazone groups is 1. The molecule has 1 aromatic heterocycles. The monoisotopic (exact) mass is 650 g/mol. The Hall–Kier alpha value is -5.87. The maximum absolute atomic E-state index is 4.69. The smallest absolute Gasteiger partial charge is 0.0793 e. The van der Waals surface area contributed by atoms with E-state index < -0.39 is 0 Å². The molecule has 9 rings (SSSR count). The number of allylic oxidation sites excluding steroid dienone is 9. The summed E-state index contributed by atoms with van der Waals surface area (Å²) in [6.45, 7) is 7.00. The largest absolute Gasteiger partial charge is 0.380 e. The maximum atomic E-state index is 4.69. The van der Waals surface area contributed by atoms with Crippen LogP contribution in [-0.2, 0) is 12.8 Å². The quantitative estimate of drug-likeness (QED) is 0.200. The van der Waals surface area contributed by atoms with Crippen LogP contribution in [0.4, 0.5) is 11.4 Å². The summed E-state index contributed by atoms with van der Waals surface area (Å²) in [6.07, 6.45) is 22.0. The van der Waals surface area contributed by atoms with E-state index >= 15 is 0 Å². The van der Waals surface area contributed by atoms with Gasteiger partial charge in [-0.1, -0.05) is 111 Å². The van der Waals surface area contributed by atoms with Crippen LogP contribution in [0, 0.1) is 0 Å². The second kappa shape index (κ2) is 13.6. The first kappa shape index (κ1) is 31.4. The van der Waals surface area contributed by atoms with E-state index in [0.29, 0.717) is 0 Å². The molecule has 1 unspecified atom stereocenters. The number of anilines is 2. The fraction of sp³-hybridized carbons (Fsp3) is 0.152. The van der Waals surface area contributed by atoms with E-state index in [1.807, 2.05) is 26.1 Å². The van der Waals surface area contributed by atoms with E-state index in [-0.39, 0.29) is 5.92 Å². The van der Waals surface area contributed by atoms with Crippen molar-refractivity contribution in [3.8, 4) is 5.69 Å². The number of rotatable bonds is 2. The summed E-state index contributed by atoms with van der Waals surface area (Å²) in [5.41, 5.74) is 20.8. The van der Waals surface area contributed by atoms with Crippen molar-refractivity contribution in [2.24, 2.45) is 5.10 Å². The number of hydrogen-bond acceptors (Lipinski definition) is 3. The van der Waals surface area contributed by atoms with E-state index in [0.717, 1.165) is 30.8 Å². The molecule has 50 heavy (non-hydrogen) atoms. The van der Waals surface area contributed by atoms with Crippen LogP contribution >= 0.6 is 0 Å². The van der Waals surface area contributed by atoms with Crippen molar-refractivity contribution < 1.29 is 0 Å². The van der Waals surface area contributed by atoms with E-state index in [4.69, 9.17) is 5.10 Å². The maximum Gasteiger partial charge on any atom is 0.0793 e. The molecule has 0 spiro atoms. The van der Waals surface area contributed by atoms with Crippen molar-refractivity contribution in [3.63, 3.8) is 0 Å². The molecule has 1 aliphatic heterocycles. The van der Waals surface area contributed by atoms with Crippen molar-refractivity contribution in [2.45, 2.75) is 39.5 Å². The van der Waals surface area contributed by atoms with Crippen molar-refractivity contribution in [1.29, 1.82) is 0 Å². The normalized spacial score (nSPS) is 19.9. The van der Waals surface area contributed by atoms with Gasteiger partial charge in [-0.15, -0.1) is 0 Å². The minimum absolute atomic E-state index is 0.216. The van der Waals surface area contributed by atoms with Gasteiger partial charge in [-0.25, -0.2) is 0 Å². The van der Waals surface area contributed by atoms with Crippen LogP contribution in [0.3, 0.4) is 0 Å². The Morgan fingerprint density at radius 2 is 1.60 bits per heavy atom. The average Bonchev–Trinajstić information content (AvgIpc) is 3.97. The molecule has 3 aliphatic carbocycles. The van der Waals surface area contributed by atoms with Crippen LogP contribution in [-0.4, -0.2) is 17.3 Å². The van der Waals surface area contributed by atoms with Gasteiger partial charge in [-0.05, 0) is 100 Å². The summed E-state index contributed by atoms with van der Waals surface area (Å²) in [5, 5.41) is 9.71. The van der Waals surface area contributed by atoms with Crippen LogP contribution in [0.2, 0.25) is 0 Å². The molecule has 0 radical (unpaired) electrons. The number of aromatic nitrogens is 1. The van der Waals surface area contributed by atoms with Crippen LogP contribution in [0.5, 0.6) is 0 Å². The lowest BCUT2D eigenvalue weighted by molar-refractivity contribution is 0.969. The summed E-state index contributed by atoms with van der Waals surface area (Å²) in [7, 11) is 0. The molecule has 0 bridgehead atoms. The number of benzene rings is 4. The zero-order valence-corrected chi connectivity index (χ0v) is 28.9.